The Morgan fingerprint density at radius 3 is 2.26 bits per heavy atom. The Kier molecular flexibility index (Phi) is 4.58. The van der Waals surface area contributed by atoms with Crippen molar-refractivity contribution in [3.63, 3.8) is 0 Å². The molecule has 2 heterocycles. The minimum absolute atomic E-state index is 0.0841. The molecule has 1 aromatic heterocycles. The second-order valence-corrected chi connectivity index (χ2v) is 6.74. The predicted molar refractivity (Wildman–Crippen MR) is 99.4 cm³/mol. The first kappa shape index (κ1) is 17.5. The number of halogens is 2. The SMILES string of the molecule is O=C(c1cc2ccccc2o1)N1CCN(C(=O)c2c(F)cccc2Cl)CC1. The first-order valence-electron chi connectivity index (χ1n) is 8.56. The fourth-order valence-corrected chi connectivity index (χ4v) is 3.46. The Labute approximate surface area is 159 Å². The molecule has 3 aromatic rings. The van der Waals surface area contributed by atoms with E-state index < -0.39 is 11.7 Å². The summed E-state index contributed by atoms with van der Waals surface area (Å²) in [6.45, 7) is 1.28. The fourth-order valence-electron chi connectivity index (χ4n) is 3.22. The largest absolute Gasteiger partial charge is 0.451 e. The van der Waals surface area contributed by atoms with Crippen molar-refractivity contribution in [3.05, 3.63) is 70.7 Å². The van der Waals surface area contributed by atoms with Crippen LogP contribution in [0.5, 0.6) is 0 Å². The topological polar surface area (TPSA) is 53.8 Å². The molecule has 0 bridgehead atoms. The van der Waals surface area contributed by atoms with E-state index in [2.05, 4.69) is 0 Å². The molecule has 27 heavy (non-hydrogen) atoms. The van der Waals surface area contributed by atoms with E-state index in [4.69, 9.17) is 16.0 Å². The van der Waals surface area contributed by atoms with Gasteiger partial charge in [0.05, 0.1) is 10.6 Å². The van der Waals surface area contributed by atoms with Crippen molar-refractivity contribution in [1.82, 2.24) is 9.80 Å². The Balaban J connectivity index is 1.45. The maximum atomic E-state index is 14.0. The standard InChI is InChI=1S/C20H16ClFN2O3/c21-14-5-3-6-15(22)18(14)20(26)24-10-8-23(9-11-24)19(25)17-12-13-4-1-2-7-16(13)27-17/h1-7,12H,8-11H2. The summed E-state index contributed by atoms with van der Waals surface area (Å²) in [5.41, 5.74) is 0.528. The highest BCUT2D eigenvalue weighted by atomic mass is 35.5. The Bertz CT molecular complexity index is 972. The summed E-state index contributed by atoms with van der Waals surface area (Å²) in [4.78, 5) is 28.4. The van der Waals surface area contributed by atoms with Gasteiger partial charge in [0.15, 0.2) is 5.76 Å². The van der Waals surface area contributed by atoms with Crippen LogP contribution in [0.3, 0.4) is 0 Å². The van der Waals surface area contributed by atoms with Crippen molar-refractivity contribution in [1.29, 1.82) is 0 Å². The molecule has 5 nitrogen and oxygen atoms in total. The summed E-state index contributed by atoms with van der Waals surface area (Å²) in [5, 5.41) is 0.949. The van der Waals surface area contributed by atoms with E-state index in [9.17, 15) is 14.0 Å². The number of carbonyl (C=O) groups excluding carboxylic acids is 2. The first-order chi connectivity index (χ1) is 13.0. The lowest BCUT2D eigenvalue weighted by Gasteiger charge is -2.34. The van der Waals surface area contributed by atoms with Crippen LogP contribution < -0.4 is 0 Å². The van der Waals surface area contributed by atoms with E-state index in [1.165, 1.54) is 23.1 Å². The maximum Gasteiger partial charge on any atom is 0.289 e. The number of para-hydroxylation sites is 1. The summed E-state index contributed by atoms with van der Waals surface area (Å²) < 4.78 is 19.6. The average molecular weight is 387 g/mol. The normalized spacial score (nSPS) is 14.6. The van der Waals surface area contributed by atoms with Gasteiger partial charge in [-0.25, -0.2) is 4.39 Å². The Hall–Kier alpha value is -2.86. The number of hydrogen-bond acceptors (Lipinski definition) is 3. The molecule has 1 aliphatic heterocycles. The van der Waals surface area contributed by atoms with E-state index in [1.807, 2.05) is 18.2 Å². The van der Waals surface area contributed by atoms with Crippen molar-refractivity contribution < 1.29 is 18.4 Å². The first-order valence-corrected chi connectivity index (χ1v) is 8.93. The van der Waals surface area contributed by atoms with Gasteiger partial charge in [0.1, 0.15) is 11.4 Å². The third-order valence-corrected chi connectivity index (χ3v) is 4.98. The Morgan fingerprint density at radius 2 is 1.59 bits per heavy atom. The molecule has 0 saturated carbocycles. The molecule has 0 N–H and O–H groups in total. The van der Waals surface area contributed by atoms with E-state index in [-0.39, 0.29) is 22.3 Å². The van der Waals surface area contributed by atoms with Gasteiger partial charge in [-0.3, -0.25) is 9.59 Å². The molecule has 138 valence electrons. The fraction of sp³-hybridized carbons (Fsp3) is 0.200. The van der Waals surface area contributed by atoms with Gasteiger partial charge in [-0.2, -0.15) is 0 Å². The van der Waals surface area contributed by atoms with E-state index in [0.29, 0.717) is 31.8 Å². The number of rotatable bonds is 2. The summed E-state index contributed by atoms with van der Waals surface area (Å²) in [6.07, 6.45) is 0. The molecule has 0 unspecified atom stereocenters. The summed E-state index contributed by atoms with van der Waals surface area (Å²) in [5.74, 6) is -1.06. The van der Waals surface area contributed by atoms with Crippen LogP contribution in [-0.2, 0) is 0 Å². The summed E-state index contributed by atoms with van der Waals surface area (Å²) in [6, 6.07) is 13.3. The zero-order valence-corrected chi connectivity index (χ0v) is 15.1. The monoisotopic (exact) mass is 386 g/mol. The number of hydrogen-bond donors (Lipinski definition) is 0. The smallest absolute Gasteiger partial charge is 0.289 e. The lowest BCUT2D eigenvalue weighted by molar-refractivity contribution is 0.0517. The number of fused-ring (bicyclic) bond motifs is 1. The molecule has 1 fully saturated rings. The highest BCUT2D eigenvalue weighted by Gasteiger charge is 2.29. The number of carbonyl (C=O) groups is 2. The van der Waals surface area contributed by atoms with E-state index in [1.54, 1.807) is 17.0 Å². The zero-order valence-electron chi connectivity index (χ0n) is 14.3. The van der Waals surface area contributed by atoms with Crippen LogP contribution in [0.25, 0.3) is 11.0 Å². The Morgan fingerprint density at radius 1 is 0.926 bits per heavy atom. The molecule has 0 atom stereocenters. The van der Waals surface area contributed by atoms with Crippen LogP contribution >= 0.6 is 11.6 Å². The molecular formula is C20H16ClFN2O3. The van der Waals surface area contributed by atoms with Gasteiger partial charge in [-0.05, 0) is 24.3 Å². The zero-order chi connectivity index (χ0) is 19.0. The lowest BCUT2D eigenvalue weighted by atomic mass is 10.1. The number of amides is 2. The van der Waals surface area contributed by atoms with Gasteiger partial charge in [0, 0.05) is 31.6 Å². The number of nitrogens with zero attached hydrogens (tertiary/aromatic N) is 2. The van der Waals surface area contributed by atoms with E-state index in [0.717, 1.165) is 5.39 Å². The van der Waals surface area contributed by atoms with Gasteiger partial charge in [0.2, 0.25) is 0 Å². The third kappa shape index (κ3) is 3.28. The molecule has 0 spiro atoms. The van der Waals surface area contributed by atoms with Gasteiger partial charge in [-0.15, -0.1) is 0 Å². The minimum Gasteiger partial charge on any atom is -0.451 e. The van der Waals surface area contributed by atoms with E-state index >= 15 is 0 Å². The highest BCUT2D eigenvalue weighted by molar-refractivity contribution is 6.33. The van der Waals surface area contributed by atoms with Crippen molar-refractivity contribution in [3.8, 4) is 0 Å². The molecular weight excluding hydrogens is 371 g/mol. The highest BCUT2D eigenvalue weighted by Crippen LogP contribution is 2.23. The molecule has 0 aliphatic carbocycles. The molecule has 4 rings (SSSR count). The van der Waals surface area contributed by atoms with Gasteiger partial charge in [-0.1, -0.05) is 35.9 Å². The van der Waals surface area contributed by atoms with Crippen LogP contribution in [0.15, 0.2) is 52.9 Å². The molecule has 2 aromatic carbocycles. The summed E-state index contributed by atoms with van der Waals surface area (Å²) in [7, 11) is 0. The van der Waals surface area contributed by atoms with Crippen molar-refractivity contribution in [2.24, 2.45) is 0 Å². The molecule has 7 heteroatoms. The quantitative estimate of drug-likeness (QED) is 0.672. The van der Waals surface area contributed by atoms with Crippen LogP contribution in [0.2, 0.25) is 5.02 Å². The van der Waals surface area contributed by atoms with Gasteiger partial charge in [0.25, 0.3) is 11.8 Å². The second-order valence-electron chi connectivity index (χ2n) is 6.33. The lowest BCUT2D eigenvalue weighted by Crippen LogP contribution is -2.50. The maximum absolute atomic E-state index is 14.0. The summed E-state index contributed by atoms with van der Waals surface area (Å²) >= 11 is 5.98. The van der Waals surface area contributed by atoms with Gasteiger partial charge >= 0.3 is 0 Å². The number of benzene rings is 2. The predicted octanol–water partition coefficient (Wildman–Crippen LogP) is 3.82. The minimum atomic E-state index is -0.645. The average Bonchev–Trinajstić information content (AvgIpc) is 3.11. The molecule has 1 aliphatic rings. The van der Waals surface area contributed by atoms with Crippen LogP contribution in [0.1, 0.15) is 20.9 Å². The van der Waals surface area contributed by atoms with Crippen LogP contribution in [0.4, 0.5) is 4.39 Å². The third-order valence-electron chi connectivity index (χ3n) is 4.67. The number of furan rings is 1. The van der Waals surface area contributed by atoms with Crippen LogP contribution in [0, 0.1) is 5.82 Å². The second kappa shape index (κ2) is 7.04. The van der Waals surface area contributed by atoms with Crippen molar-refractivity contribution >= 4 is 34.4 Å². The molecule has 0 radical (unpaired) electrons. The molecule has 1 saturated heterocycles. The number of piperazine rings is 1. The molecule has 2 amide bonds. The van der Waals surface area contributed by atoms with Crippen molar-refractivity contribution in [2.75, 3.05) is 26.2 Å². The van der Waals surface area contributed by atoms with Gasteiger partial charge < -0.3 is 14.2 Å². The van der Waals surface area contributed by atoms with Crippen LogP contribution in [-0.4, -0.2) is 47.8 Å². The van der Waals surface area contributed by atoms with Crippen molar-refractivity contribution in [2.45, 2.75) is 0 Å².